The summed E-state index contributed by atoms with van der Waals surface area (Å²) in [6, 6.07) is 22.1. The van der Waals surface area contributed by atoms with Gasteiger partial charge in [-0.2, -0.15) is 0 Å². The number of rotatable bonds is 12. The molecule has 0 unspecified atom stereocenters. The molecule has 1 saturated heterocycles. The number of piperazine rings is 1. The topological polar surface area (TPSA) is 104 Å². The van der Waals surface area contributed by atoms with Crippen LogP contribution in [0.2, 0.25) is 0 Å². The van der Waals surface area contributed by atoms with Crippen molar-refractivity contribution in [2.24, 2.45) is 0 Å². The Morgan fingerprint density at radius 1 is 0.851 bits per heavy atom. The zero-order chi connectivity index (χ0) is 32.8. The lowest BCUT2D eigenvalue weighted by Crippen LogP contribution is -2.45. The summed E-state index contributed by atoms with van der Waals surface area (Å²) in [4.78, 5) is 19.1. The molecule has 11 nitrogen and oxygen atoms in total. The average Bonchev–Trinajstić information content (AvgIpc) is 3.50. The van der Waals surface area contributed by atoms with Crippen LogP contribution in [0.15, 0.2) is 79.0 Å². The largest absolute Gasteiger partial charge is 0.573 e. The molecule has 47 heavy (non-hydrogen) atoms. The van der Waals surface area contributed by atoms with E-state index in [2.05, 4.69) is 43.8 Å². The minimum Gasteiger partial charge on any atom is -0.493 e. The lowest BCUT2D eigenvalue weighted by atomic mass is 10.1. The molecule has 1 fully saturated rings. The van der Waals surface area contributed by atoms with Crippen molar-refractivity contribution in [3.05, 3.63) is 100 Å². The van der Waals surface area contributed by atoms with Crippen molar-refractivity contribution in [1.29, 1.82) is 0 Å². The van der Waals surface area contributed by atoms with E-state index in [9.17, 15) is 23.3 Å². The van der Waals surface area contributed by atoms with Gasteiger partial charge in [0.05, 0.1) is 6.61 Å². The van der Waals surface area contributed by atoms with E-state index >= 15 is 0 Å². The first-order chi connectivity index (χ1) is 22.7. The van der Waals surface area contributed by atoms with E-state index in [1.165, 1.54) is 23.9 Å². The number of benzene rings is 3. The lowest BCUT2D eigenvalue weighted by molar-refractivity contribution is -0.389. The zero-order valence-corrected chi connectivity index (χ0v) is 25.5. The second kappa shape index (κ2) is 14.2. The molecule has 2 aliphatic rings. The quantitative estimate of drug-likeness (QED) is 0.137. The zero-order valence-electron chi connectivity index (χ0n) is 25.5. The number of ether oxygens (including phenoxy) is 4. The Kier molecular flexibility index (Phi) is 9.66. The highest BCUT2D eigenvalue weighted by Crippen LogP contribution is 2.27. The van der Waals surface area contributed by atoms with Crippen molar-refractivity contribution in [2.75, 3.05) is 44.3 Å². The Hall–Kier alpha value is -4.98. The monoisotopic (exact) mass is 653 g/mol. The van der Waals surface area contributed by atoms with Crippen LogP contribution in [0, 0.1) is 10.1 Å². The second-order valence-electron chi connectivity index (χ2n) is 11.4. The van der Waals surface area contributed by atoms with Gasteiger partial charge in [-0.3, -0.25) is 9.47 Å². The number of nitrogens with zero attached hydrogens (tertiary/aromatic N) is 5. The van der Waals surface area contributed by atoms with Gasteiger partial charge in [0.1, 0.15) is 36.2 Å². The molecule has 2 aliphatic heterocycles. The first-order valence-electron chi connectivity index (χ1n) is 15.3. The minimum atomic E-state index is -4.70. The molecule has 0 radical (unpaired) electrons. The molecule has 0 saturated carbocycles. The number of halogens is 3. The Balaban J connectivity index is 0.888. The Morgan fingerprint density at radius 2 is 1.49 bits per heavy atom. The second-order valence-corrected chi connectivity index (χ2v) is 11.4. The third-order valence-corrected chi connectivity index (χ3v) is 8.03. The number of aryl methyl sites for hydroxylation is 1. The van der Waals surface area contributed by atoms with Crippen LogP contribution in [0.1, 0.15) is 17.5 Å². The predicted molar refractivity (Wildman–Crippen MR) is 166 cm³/mol. The third-order valence-electron chi connectivity index (χ3n) is 8.03. The molecule has 4 aromatic rings. The van der Waals surface area contributed by atoms with Crippen LogP contribution in [0.25, 0.3) is 0 Å². The molecule has 0 N–H and O–H groups in total. The fraction of sp³-hybridized carbons (Fsp3) is 0.364. The maximum atomic E-state index is 12.3. The van der Waals surface area contributed by atoms with Crippen molar-refractivity contribution in [2.45, 2.75) is 38.4 Å². The highest BCUT2D eigenvalue weighted by Gasteiger charge is 2.31. The normalized spacial score (nSPS) is 16.7. The maximum absolute atomic E-state index is 12.3. The summed E-state index contributed by atoms with van der Waals surface area (Å²) in [5.41, 5.74) is 3.18. The highest BCUT2D eigenvalue weighted by molar-refractivity contribution is 5.49. The molecular weight excluding hydrogens is 619 g/mol. The van der Waals surface area contributed by atoms with Crippen molar-refractivity contribution in [1.82, 2.24) is 14.5 Å². The van der Waals surface area contributed by atoms with Gasteiger partial charge in [-0.1, -0.05) is 24.3 Å². The number of nitro groups is 1. The molecule has 1 atom stereocenters. The summed E-state index contributed by atoms with van der Waals surface area (Å²) in [5, 5.41) is 11.0. The van der Waals surface area contributed by atoms with Gasteiger partial charge in [0.2, 0.25) is 0 Å². The fourth-order valence-electron chi connectivity index (χ4n) is 5.54. The molecule has 3 heterocycles. The van der Waals surface area contributed by atoms with Gasteiger partial charge in [-0.25, -0.2) is 0 Å². The summed E-state index contributed by atoms with van der Waals surface area (Å²) in [7, 11) is 0. The standard InChI is InChI=1S/C33H34F3N5O6/c34-33(35,36)47-29-9-1-24(2-10-29)14-20-44-27-7-3-25(4-8-27)21-38-16-18-39(19-17-38)26-5-11-28(12-6-26)45-23-30-13-15-40-22-31(41(42)43)37-32(40)46-30/h1-12,22,30H,13-21,23H2/t30-/m0/s1. The molecule has 0 bridgehead atoms. The predicted octanol–water partition coefficient (Wildman–Crippen LogP) is 5.86. The lowest BCUT2D eigenvalue weighted by Gasteiger charge is -2.36. The van der Waals surface area contributed by atoms with E-state index in [0.29, 0.717) is 32.6 Å². The van der Waals surface area contributed by atoms with Crippen LogP contribution in [-0.2, 0) is 19.5 Å². The van der Waals surface area contributed by atoms with Crippen LogP contribution in [0.5, 0.6) is 23.3 Å². The number of hydrogen-bond acceptors (Lipinski definition) is 9. The SMILES string of the molecule is O=[N+]([O-])c1cn2c(n1)O[C@H](COc1ccc(N3CCN(Cc4ccc(OCCc5ccc(OC(F)(F)F)cc5)cc4)CC3)cc1)CC2. The Morgan fingerprint density at radius 3 is 2.17 bits per heavy atom. The number of hydrogen-bond donors (Lipinski definition) is 0. The summed E-state index contributed by atoms with van der Waals surface area (Å²) < 4.78 is 60.1. The average molecular weight is 654 g/mol. The van der Waals surface area contributed by atoms with E-state index in [4.69, 9.17) is 14.2 Å². The van der Waals surface area contributed by atoms with E-state index < -0.39 is 11.3 Å². The summed E-state index contributed by atoms with van der Waals surface area (Å²) >= 11 is 0. The Labute approximate surface area is 269 Å². The van der Waals surface area contributed by atoms with E-state index in [1.54, 1.807) is 16.7 Å². The number of fused-ring (bicyclic) bond motifs is 1. The molecule has 14 heteroatoms. The number of anilines is 1. The first-order valence-corrected chi connectivity index (χ1v) is 15.3. The molecule has 0 aliphatic carbocycles. The van der Waals surface area contributed by atoms with Crippen LogP contribution >= 0.6 is 0 Å². The summed E-state index contributed by atoms with van der Waals surface area (Å²) in [5.74, 6) is 1.02. The van der Waals surface area contributed by atoms with Crippen LogP contribution in [0.4, 0.5) is 24.7 Å². The third kappa shape index (κ3) is 8.85. The van der Waals surface area contributed by atoms with Crippen LogP contribution < -0.4 is 23.8 Å². The van der Waals surface area contributed by atoms with Gasteiger partial charge in [0.15, 0.2) is 0 Å². The van der Waals surface area contributed by atoms with E-state index in [0.717, 1.165) is 55.5 Å². The van der Waals surface area contributed by atoms with Crippen molar-refractivity contribution >= 4 is 11.5 Å². The van der Waals surface area contributed by atoms with Crippen LogP contribution in [-0.4, -0.2) is 71.2 Å². The Bertz CT molecular complexity index is 1620. The van der Waals surface area contributed by atoms with Gasteiger partial charge in [0, 0.05) is 62.8 Å². The van der Waals surface area contributed by atoms with Gasteiger partial charge in [0.25, 0.3) is 0 Å². The van der Waals surface area contributed by atoms with Gasteiger partial charge >= 0.3 is 18.2 Å². The van der Waals surface area contributed by atoms with Gasteiger partial charge in [-0.05, 0) is 64.6 Å². The minimum absolute atomic E-state index is 0.219. The van der Waals surface area contributed by atoms with Crippen molar-refractivity contribution in [3.63, 3.8) is 0 Å². The van der Waals surface area contributed by atoms with Crippen molar-refractivity contribution in [3.8, 4) is 23.3 Å². The molecule has 1 aromatic heterocycles. The van der Waals surface area contributed by atoms with E-state index in [-0.39, 0.29) is 23.7 Å². The van der Waals surface area contributed by atoms with Crippen molar-refractivity contribution < 1.29 is 37.0 Å². The molecule has 6 rings (SSSR count). The van der Waals surface area contributed by atoms with Gasteiger partial charge < -0.3 is 34.0 Å². The number of aromatic nitrogens is 2. The molecular formula is C33H34F3N5O6. The number of alkyl halides is 3. The maximum Gasteiger partial charge on any atom is 0.573 e. The molecule has 3 aromatic carbocycles. The summed E-state index contributed by atoms with van der Waals surface area (Å²) in [6.45, 7) is 5.82. The fourth-order valence-corrected chi connectivity index (χ4v) is 5.54. The summed E-state index contributed by atoms with van der Waals surface area (Å²) in [6.07, 6.45) is -2.30. The first kappa shape index (κ1) is 32.0. The smallest absolute Gasteiger partial charge is 0.493 e. The molecule has 248 valence electrons. The van der Waals surface area contributed by atoms with Crippen LogP contribution in [0.3, 0.4) is 0 Å². The highest BCUT2D eigenvalue weighted by atomic mass is 19.4. The molecule has 0 amide bonds. The van der Waals surface area contributed by atoms with Gasteiger partial charge in [-0.15, -0.1) is 13.2 Å². The molecule has 0 spiro atoms. The number of imidazole rings is 1. The van der Waals surface area contributed by atoms with E-state index in [1.807, 2.05) is 24.3 Å².